The van der Waals surface area contributed by atoms with Crippen LogP contribution in [0.1, 0.15) is 11.9 Å². The number of anilines is 1. The SMILES string of the molecule is COC(O)c1ccc(-c2ccccc2)cc1N. The Morgan fingerprint density at radius 3 is 2.35 bits per heavy atom. The van der Waals surface area contributed by atoms with E-state index in [0.717, 1.165) is 11.1 Å². The Balaban J connectivity index is 2.38. The van der Waals surface area contributed by atoms with E-state index in [-0.39, 0.29) is 0 Å². The maximum absolute atomic E-state index is 9.57. The van der Waals surface area contributed by atoms with Gasteiger partial charge in [-0.2, -0.15) is 0 Å². The molecule has 0 aliphatic heterocycles. The number of nitrogens with two attached hydrogens (primary N) is 1. The van der Waals surface area contributed by atoms with E-state index in [1.165, 1.54) is 7.11 Å². The summed E-state index contributed by atoms with van der Waals surface area (Å²) in [5.74, 6) is 0. The smallest absolute Gasteiger partial charge is 0.182 e. The zero-order chi connectivity index (χ0) is 12.3. The fraction of sp³-hybridized carbons (Fsp3) is 0.143. The normalized spacial score (nSPS) is 12.4. The van der Waals surface area contributed by atoms with Crippen LogP contribution in [-0.2, 0) is 4.74 Å². The average molecular weight is 229 g/mol. The summed E-state index contributed by atoms with van der Waals surface area (Å²) in [6, 6.07) is 15.5. The van der Waals surface area contributed by atoms with E-state index in [1.807, 2.05) is 42.5 Å². The zero-order valence-corrected chi connectivity index (χ0v) is 9.63. The highest BCUT2D eigenvalue weighted by Crippen LogP contribution is 2.27. The molecular formula is C14H15NO2. The van der Waals surface area contributed by atoms with Gasteiger partial charge in [0, 0.05) is 18.4 Å². The molecule has 0 saturated carbocycles. The lowest BCUT2D eigenvalue weighted by Gasteiger charge is -2.12. The van der Waals surface area contributed by atoms with E-state index in [4.69, 9.17) is 10.5 Å². The molecule has 0 amide bonds. The summed E-state index contributed by atoms with van der Waals surface area (Å²) in [4.78, 5) is 0. The van der Waals surface area contributed by atoms with E-state index in [0.29, 0.717) is 11.3 Å². The zero-order valence-electron chi connectivity index (χ0n) is 9.63. The van der Waals surface area contributed by atoms with Crippen molar-refractivity contribution in [2.75, 3.05) is 12.8 Å². The third kappa shape index (κ3) is 2.46. The van der Waals surface area contributed by atoms with Crippen LogP contribution in [0.4, 0.5) is 5.69 Å². The predicted octanol–water partition coefficient (Wildman–Crippen LogP) is 2.57. The largest absolute Gasteiger partial charge is 0.398 e. The summed E-state index contributed by atoms with van der Waals surface area (Å²) in [5.41, 5.74) is 9.13. The van der Waals surface area contributed by atoms with Crippen molar-refractivity contribution in [3.63, 3.8) is 0 Å². The Kier molecular flexibility index (Phi) is 3.42. The standard InChI is InChI=1S/C14H15NO2/c1-17-14(16)12-8-7-11(9-13(12)15)10-5-3-2-4-6-10/h2-9,14,16H,15H2,1H3. The first-order chi connectivity index (χ1) is 8.22. The molecule has 2 rings (SSSR count). The minimum absolute atomic E-state index is 0.528. The number of aliphatic hydroxyl groups is 1. The van der Waals surface area contributed by atoms with Crippen LogP contribution in [-0.4, -0.2) is 12.2 Å². The molecule has 0 aliphatic carbocycles. The first-order valence-electron chi connectivity index (χ1n) is 5.38. The molecular weight excluding hydrogens is 214 g/mol. The van der Waals surface area contributed by atoms with Gasteiger partial charge in [-0.1, -0.05) is 42.5 Å². The summed E-state index contributed by atoms with van der Waals surface area (Å²) >= 11 is 0. The molecule has 3 nitrogen and oxygen atoms in total. The van der Waals surface area contributed by atoms with Crippen molar-refractivity contribution in [3.05, 3.63) is 54.1 Å². The summed E-state index contributed by atoms with van der Waals surface area (Å²) in [6.07, 6.45) is -0.972. The maximum Gasteiger partial charge on any atom is 0.182 e. The van der Waals surface area contributed by atoms with Crippen molar-refractivity contribution in [1.29, 1.82) is 0 Å². The molecule has 0 heterocycles. The second kappa shape index (κ2) is 4.99. The summed E-state index contributed by atoms with van der Waals surface area (Å²) in [6.45, 7) is 0. The molecule has 0 spiro atoms. The molecule has 1 atom stereocenters. The van der Waals surface area contributed by atoms with Gasteiger partial charge in [-0.15, -0.1) is 0 Å². The number of rotatable bonds is 3. The number of hydrogen-bond donors (Lipinski definition) is 2. The summed E-state index contributed by atoms with van der Waals surface area (Å²) in [5, 5.41) is 9.57. The fourth-order valence-electron chi connectivity index (χ4n) is 1.74. The van der Waals surface area contributed by atoms with E-state index in [1.54, 1.807) is 6.07 Å². The van der Waals surface area contributed by atoms with Gasteiger partial charge in [-0.3, -0.25) is 0 Å². The van der Waals surface area contributed by atoms with E-state index >= 15 is 0 Å². The van der Waals surface area contributed by atoms with Gasteiger partial charge in [0.25, 0.3) is 0 Å². The highest BCUT2D eigenvalue weighted by atomic mass is 16.6. The lowest BCUT2D eigenvalue weighted by molar-refractivity contribution is -0.0763. The molecule has 88 valence electrons. The molecule has 0 radical (unpaired) electrons. The first kappa shape index (κ1) is 11.6. The third-order valence-electron chi connectivity index (χ3n) is 2.68. The number of ether oxygens (including phenoxy) is 1. The molecule has 0 bridgehead atoms. The van der Waals surface area contributed by atoms with Crippen molar-refractivity contribution in [1.82, 2.24) is 0 Å². The molecule has 0 saturated heterocycles. The molecule has 3 heteroatoms. The predicted molar refractivity (Wildman–Crippen MR) is 68.3 cm³/mol. The van der Waals surface area contributed by atoms with Gasteiger partial charge in [0.1, 0.15) is 0 Å². The average Bonchev–Trinajstić information content (AvgIpc) is 2.39. The van der Waals surface area contributed by atoms with Gasteiger partial charge < -0.3 is 15.6 Å². The van der Waals surface area contributed by atoms with Crippen molar-refractivity contribution >= 4 is 5.69 Å². The number of hydrogen-bond acceptors (Lipinski definition) is 3. The van der Waals surface area contributed by atoms with Gasteiger partial charge in [0.05, 0.1) is 0 Å². The highest BCUT2D eigenvalue weighted by Gasteiger charge is 2.10. The monoisotopic (exact) mass is 229 g/mol. The van der Waals surface area contributed by atoms with E-state index in [9.17, 15) is 5.11 Å². The Hall–Kier alpha value is -1.84. The Morgan fingerprint density at radius 2 is 1.76 bits per heavy atom. The van der Waals surface area contributed by atoms with Crippen LogP contribution < -0.4 is 5.73 Å². The van der Waals surface area contributed by atoms with Gasteiger partial charge >= 0.3 is 0 Å². The highest BCUT2D eigenvalue weighted by molar-refractivity contribution is 5.69. The number of aliphatic hydroxyl groups excluding tert-OH is 1. The van der Waals surface area contributed by atoms with Crippen molar-refractivity contribution < 1.29 is 9.84 Å². The fourth-order valence-corrected chi connectivity index (χ4v) is 1.74. The number of nitrogen functional groups attached to an aromatic ring is 1. The molecule has 2 aromatic carbocycles. The molecule has 0 fully saturated rings. The van der Waals surface area contributed by atoms with Gasteiger partial charge in [-0.05, 0) is 17.2 Å². The Morgan fingerprint density at radius 1 is 1.06 bits per heavy atom. The second-order valence-corrected chi connectivity index (χ2v) is 3.80. The van der Waals surface area contributed by atoms with Crippen LogP contribution in [0, 0.1) is 0 Å². The minimum atomic E-state index is -0.972. The second-order valence-electron chi connectivity index (χ2n) is 3.80. The number of methoxy groups -OCH3 is 1. The van der Waals surface area contributed by atoms with Crippen LogP contribution in [0.5, 0.6) is 0 Å². The van der Waals surface area contributed by atoms with Gasteiger partial charge in [-0.25, -0.2) is 0 Å². The van der Waals surface area contributed by atoms with Crippen LogP contribution in [0.15, 0.2) is 48.5 Å². The molecule has 17 heavy (non-hydrogen) atoms. The Bertz CT molecular complexity index is 497. The lowest BCUT2D eigenvalue weighted by Crippen LogP contribution is -2.03. The van der Waals surface area contributed by atoms with Crippen LogP contribution >= 0.6 is 0 Å². The molecule has 2 aromatic rings. The van der Waals surface area contributed by atoms with Crippen molar-refractivity contribution in [2.24, 2.45) is 0 Å². The minimum Gasteiger partial charge on any atom is -0.398 e. The topological polar surface area (TPSA) is 55.5 Å². The van der Waals surface area contributed by atoms with Crippen LogP contribution in [0.25, 0.3) is 11.1 Å². The van der Waals surface area contributed by atoms with Crippen molar-refractivity contribution in [2.45, 2.75) is 6.29 Å². The lowest BCUT2D eigenvalue weighted by atomic mass is 10.0. The van der Waals surface area contributed by atoms with E-state index in [2.05, 4.69) is 0 Å². The van der Waals surface area contributed by atoms with Crippen LogP contribution in [0.2, 0.25) is 0 Å². The summed E-state index contributed by atoms with van der Waals surface area (Å²) < 4.78 is 4.84. The third-order valence-corrected chi connectivity index (χ3v) is 2.68. The Labute approximate surface area is 100 Å². The first-order valence-corrected chi connectivity index (χ1v) is 5.38. The molecule has 0 aliphatic rings. The van der Waals surface area contributed by atoms with Gasteiger partial charge in [0.2, 0.25) is 0 Å². The maximum atomic E-state index is 9.57. The molecule has 1 unspecified atom stereocenters. The summed E-state index contributed by atoms with van der Waals surface area (Å²) in [7, 11) is 1.44. The van der Waals surface area contributed by atoms with Crippen molar-refractivity contribution in [3.8, 4) is 11.1 Å². The van der Waals surface area contributed by atoms with Gasteiger partial charge in [0.15, 0.2) is 6.29 Å². The quantitative estimate of drug-likeness (QED) is 0.628. The van der Waals surface area contributed by atoms with E-state index < -0.39 is 6.29 Å². The van der Waals surface area contributed by atoms with Crippen LogP contribution in [0.3, 0.4) is 0 Å². The molecule has 3 N–H and O–H groups in total. The number of benzene rings is 2. The molecule has 0 aromatic heterocycles.